The summed E-state index contributed by atoms with van der Waals surface area (Å²) in [6, 6.07) is 3.51. The van der Waals surface area contributed by atoms with E-state index in [1.165, 1.54) is 6.21 Å². The van der Waals surface area contributed by atoms with Crippen molar-refractivity contribution in [2.45, 2.75) is 26.3 Å². The summed E-state index contributed by atoms with van der Waals surface area (Å²) >= 11 is 0. The topological polar surface area (TPSA) is 65.8 Å². The van der Waals surface area contributed by atoms with Crippen molar-refractivity contribution in [1.82, 2.24) is 9.99 Å². The molecule has 16 heavy (non-hydrogen) atoms. The summed E-state index contributed by atoms with van der Waals surface area (Å²) in [6.07, 6.45) is 3.69. The molecular weight excluding hydrogens is 206 g/mol. The normalized spacial score (nSPS) is 11.7. The van der Waals surface area contributed by atoms with Gasteiger partial charge in [0.15, 0.2) is 0 Å². The number of rotatable bonds is 2. The average molecular weight is 221 g/mol. The maximum atomic E-state index is 11.0. The molecule has 0 aliphatic carbocycles. The zero-order valence-corrected chi connectivity index (χ0v) is 9.58. The van der Waals surface area contributed by atoms with Gasteiger partial charge >= 0.3 is 6.09 Å². The fraction of sp³-hybridized carbons (Fsp3) is 0.364. The second-order valence-electron chi connectivity index (χ2n) is 4.29. The first kappa shape index (κ1) is 12.2. The summed E-state index contributed by atoms with van der Waals surface area (Å²) in [4.78, 5) is 14.8. The first-order valence-electron chi connectivity index (χ1n) is 4.88. The molecule has 1 N–H and O–H groups in total. The van der Waals surface area contributed by atoms with Gasteiger partial charge in [-0.1, -0.05) is 0 Å². The van der Waals surface area contributed by atoms with Gasteiger partial charge in [0.25, 0.3) is 0 Å². The zero-order chi connectivity index (χ0) is 12.2. The predicted molar refractivity (Wildman–Crippen MR) is 61.4 cm³/mol. The highest BCUT2D eigenvalue weighted by atomic mass is 16.4. The van der Waals surface area contributed by atoms with E-state index in [1.807, 2.05) is 0 Å². The molecule has 1 amide bonds. The van der Waals surface area contributed by atoms with E-state index in [0.717, 1.165) is 10.6 Å². The van der Waals surface area contributed by atoms with Crippen LogP contribution >= 0.6 is 0 Å². The van der Waals surface area contributed by atoms with Crippen LogP contribution in [0, 0.1) is 0 Å². The summed E-state index contributed by atoms with van der Waals surface area (Å²) in [5, 5.41) is 14.0. The number of carbonyl (C=O) groups is 1. The third-order valence-corrected chi connectivity index (χ3v) is 1.84. The molecule has 0 atom stereocenters. The molecule has 0 aliphatic heterocycles. The summed E-state index contributed by atoms with van der Waals surface area (Å²) in [6.45, 7) is 5.35. The Kier molecular flexibility index (Phi) is 3.60. The molecule has 0 spiro atoms. The number of nitrogens with zero attached hydrogens (tertiary/aromatic N) is 3. The van der Waals surface area contributed by atoms with E-state index < -0.39 is 11.6 Å². The molecule has 0 unspecified atom stereocenters. The van der Waals surface area contributed by atoms with E-state index in [9.17, 15) is 4.79 Å². The maximum Gasteiger partial charge on any atom is 0.428 e. The number of hydrogen-bond acceptors (Lipinski definition) is 3. The van der Waals surface area contributed by atoms with Crippen LogP contribution in [0.4, 0.5) is 4.79 Å². The monoisotopic (exact) mass is 221 g/mol. The van der Waals surface area contributed by atoms with Gasteiger partial charge in [0.2, 0.25) is 0 Å². The Labute approximate surface area is 94.4 Å². The smallest absolute Gasteiger partial charge is 0.428 e. The molecule has 0 fully saturated rings. The Morgan fingerprint density at radius 3 is 2.44 bits per heavy atom. The predicted octanol–water partition coefficient (Wildman–Crippen LogP) is 2.19. The van der Waals surface area contributed by atoms with Gasteiger partial charge in [-0.05, 0) is 38.5 Å². The Morgan fingerprint density at radius 1 is 1.44 bits per heavy atom. The number of amides is 1. The molecule has 0 bridgehead atoms. The minimum atomic E-state index is -1.07. The maximum absolute atomic E-state index is 11.0. The Hall–Kier alpha value is -1.91. The molecule has 1 aromatic rings. The van der Waals surface area contributed by atoms with Crippen LogP contribution in [0.1, 0.15) is 26.3 Å². The van der Waals surface area contributed by atoms with Gasteiger partial charge in [0, 0.05) is 12.4 Å². The lowest BCUT2D eigenvalue weighted by atomic mass is 10.1. The van der Waals surface area contributed by atoms with Gasteiger partial charge in [0.05, 0.1) is 11.8 Å². The summed E-state index contributed by atoms with van der Waals surface area (Å²) in [5.74, 6) is 0. The second kappa shape index (κ2) is 4.74. The van der Waals surface area contributed by atoms with E-state index in [4.69, 9.17) is 5.11 Å². The van der Waals surface area contributed by atoms with Gasteiger partial charge in [-0.2, -0.15) is 10.1 Å². The number of carboxylic acid groups (broad SMARTS) is 1. The van der Waals surface area contributed by atoms with Crippen molar-refractivity contribution in [3.05, 3.63) is 30.1 Å². The van der Waals surface area contributed by atoms with Crippen LogP contribution in [0.25, 0.3) is 0 Å². The standard InChI is InChI=1S/C11H15N3O2/c1-11(2,3)14(10(15)16)13-8-9-4-6-12-7-5-9/h4-8H,1-3H3,(H,15,16)/b13-8+. The van der Waals surface area contributed by atoms with Gasteiger partial charge in [0.1, 0.15) is 0 Å². The first-order valence-corrected chi connectivity index (χ1v) is 4.88. The number of hydrazone groups is 1. The minimum Gasteiger partial charge on any atom is -0.464 e. The number of pyridine rings is 1. The molecule has 5 nitrogen and oxygen atoms in total. The van der Waals surface area contributed by atoms with Crippen molar-refractivity contribution >= 4 is 12.3 Å². The highest BCUT2D eigenvalue weighted by Crippen LogP contribution is 2.13. The molecule has 0 saturated carbocycles. The van der Waals surface area contributed by atoms with Crippen molar-refractivity contribution in [2.24, 2.45) is 5.10 Å². The fourth-order valence-corrected chi connectivity index (χ4v) is 1.08. The molecule has 0 saturated heterocycles. The van der Waals surface area contributed by atoms with Crippen molar-refractivity contribution in [3.63, 3.8) is 0 Å². The molecule has 0 aromatic carbocycles. The van der Waals surface area contributed by atoms with Gasteiger partial charge < -0.3 is 5.11 Å². The molecule has 86 valence electrons. The third-order valence-electron chi connectivity index (χ3n) is 1.84. The molecule has 0 radical (unpaired) electrons. The SMILES string of the molecule is CC(C)(C)N(/N=C/c1ccncc1)C(=O)O. The quantitative estimate of drug-likeness (QED) is 0.615. The van der Waals surface area contributed by atoms with Crippen molar-refractivity contribution in [3.8, 4) is 0 Å². The van der Waals surface area contributed by atoms with Crippen LogP contribution in [0.2, 0.25) is 0 Å². The second-order valence-corrected chi connectivity index (χ2v) is 4.29. The summed E-state index contributed by atoms with van der Waals surface area (Å²) < 4.78 is 0. The van der Waals surface area contributed by atoms with E-state index in [0.29, 0.717) is 0 Å². The Balaban J connectivity index is 2.85. The highest BCUT2D eigenvalue weighted by Gasteiger charge is 2.25. The van der Waals surface area contributed by atoms with Crippen LogP contribution in [-0.4, -0.2) is 32.9 Å². The van der Waals surface area contributed by atoms with E-state index in [2.05, 4.69) is 10.1 Å². The van der Waals surface area contributed by atoms with Gasteiger partial charge in [-0.15, -0.1) is 0 Å². The summed E-state index contributed by atoms with van der Waals surface area (Å²) in [5.41, 5.74) is 0.250. The molecule has 1 aromatic heterocycles. The van der Waals surface area contributed by atoms with Crippen LogP contribution in [0.3, 0.4) is 0 Å². The minimum absolute atomic E-state index is 0.560. The highest BCUT2D eigenvalue weighted by molar-refractivity contribution is 5.80. The lowest BCUT2D eigenvalue weighted by Gasteiger charge is -2.27. The first-order chi connectivity index (χ1) is 7.41. The molecule has 1 heterocycles. The molecule has 0 aliphatic rings. The van der Waals surface area contributed by atoms with Crippen LogP contribution in [0.15, 0.2) is 29.6 Å². The van der Waals surface area contributed by atoms with E-state index >= 15 is 0 Å². The Morgan fingerprint density at radius 2 is 2.00 bits per heavy atom. The lowest BCUT2D eigenvalue weighted by molar-refractivity contribution is 0.103. The van der Waals surface area contributed by atoms with Crippen LogP contribution in [0.5, 0.6) is 0 Å². The molecular formula is C11H15N3O2. The number of aromatic nitrogens is 1. The van der Waals surface area contributed by atoms with Crippen molar-refractivity contribution in [2.75, 3.05) is 0 Å². The lowest BCUT2D eigenvalue weighted by Crippen LogP contribution is -2.41. The largest absolute Gasteiger partial charge is 0.464 e. The molecule has 5 heteroatoms. The fourth-order valence-electron chi connectivity index (χ4n) is 1.08. The number of hydrogen-bond donors (Lipinski definition) is 1. The van der Waals surface area contributed by atoms with E-state index in [-0.39, 0.29) is 0 Å². The van der Waals surface area contributed by atoms with Crippen LogP contribution < -0.4 is 0 Å². The third kappa shape index (κ3) is 3.34. The Bertz CT molecular complexity index is 382. The van der Waals surface area contributed by atoms with Gasteiger partial charge in [-0.25, -0.2) is 4.79 Å². The van der Waals surface area contributed by atoms with Crippen LogP contribution in [-0.2, 0) is 0 Å². The summed E-state index contributed by atoms with van der Waals surface area (Å²) in [7, 11) is 0. The van der Waals surface area contributed by atoms with Crippen molar-refractivity contribution in [1.29, 1.82) is 0 Å². The van der Waals surface area contributed by atoms with Crippen molar-refractivity contribution < 1.29 is 9.90 Å². The molecule has 1 rings (SSSR count). The van der Waals surface area contributed by atoms with Gasteiger partial charge in [-0.3, -0.25) is 4.98 Å². The average Bonchev–Trinajstić information content (AvgIpc) is 2.17. The van der Waals surface area contributed by atoms with E-state index in [1.54, 1.807) is 45.3 Å². The zero-order valence-electron chi connectivity index (χ0n) is 9.58.